The highest BCUT2D eigenvalue weighted by Crippen LogP contribution is 2.29. The molecule has 0 aromatic rings. The first kappa shape index (κ1) is 13.8. The number of aliphatic hydroxyl groups is 1. The van der Waals surface area contributed by atoms with Gasteiger partial charge in [-0.3, -0.25) is 0 Å². The second-order valence-electron chi connectivity index (χ2n) is 4.89. The van der Waals surface area contributed by atoms with Gasteiger partial charge >= 0.3 is 12.0 Å². The zero-order chi connectivity index (χ0) is 13.1. The summed E-state index contributed by atoms with van der Waals surface area (Å²) in [4.78, 5) is 22.0. The lowest BCUT2D eigenvalue weighted by Gasteiger charge is -2.32. The van der Waals surface area contributed by atoms with Crippen LogP contribution in [0.4, 0.5) is 4.79 Å². The average Bonchev–Trinajstić information content (AvgIpc) is 2.11. The van der Waals surface area contributed by atoms with Crippen LogP contribution in [-0.4, -0.2) is 40.4 Å². The van der Waals surface area contributed by atoms with Gasteiger partial charge in [-0.05, 0) is 32.6 Å². The second-order valence-corrected chi connectivity index (χ2v) is 4.89. The number of carboxylic acid groups (broad SMARTS) is 1. The fourth-order valence-electron chi connectivity index (χ4n) is 1.64. The van der Waals surface area contributed by atoms with E-state index in [-0.39, 0.29) is 12.6 Å². The molecule has 1 fully saturated rings. The molecular weight excluding hydrogens is 224 g/mol. The van der Waals surface area contributed by atoms with Crippen molar-refractivity contribution in [3.05, 3.63) is 0 Å². The van der Waals surface area contributed by atoms with Gasteiger partial charge in [0.15, 0.2) is 5.60 Å². The lowest BCUT2D eigenvalue weighted by atomic mass is 9.80. The summed E-state index contributed by atoms with van der Waals surface area (Å²) in [5, 5.41) is 23.1. The maximum Gasteiger partial charge on any atom is 0.337 e. The van der Waals surface area contributed by atoms with E-state index in [1.165, 1.54) is 6.42 Å². The third-order valence-electron chi connectivity index (χ3n) is 3.27. The van der Waals surface area contributed by atoms with Gasteiger partial charge in [0.1, 0.15) is 0 Å². The van der Waals surface area contributed by atoms with E-state index in [9.17, 15) is 14.7 Å². The summed E-state index contributed by atoms with van der Waals surface area (Å²) in [6.45, 7) is 2.76. The molecule has 17 heavy (non-hydrogen) atoms. The van der Waals surface area contributed by atoms with Crippen molar-refractivity contribution in [1.82, 2.24) is 10.6 Å². The summed E-state index contributed by atoms with van der Waals surface area (Å²) in [6, 6.07) is -0.357. The monoisotopic (exact) mass is 244 g/mol. The van der Waals surface area contributed by atoms with Crippen LogP contribution < -0.4 is 10.6 Å². The number of hydrogen-bond donors (Lipinski definition) is 4. The first-order valence-electron chi connectivity index (χ1n) is 5.83. The Morgan fingerprint density at radius 3 is 2.47 bits per heavy atom. The van der Waals surface area contributed by atoms with Gasteiger partial charge in [0, 0.05) is 6.04 Å². The molecule has 2 atom stereocenters. The van der Waals surface area contributed by atoms with Gasteiger partial charge in [0.25, 0.3) is 0 Å². The molecule has 0 aliphatic heterocycles. The van der Waals surface area contributed by atoms with E-state index in [1.807, 2.05) is 6.92 Å². The van der Waals surface area contributed by atoms with Crippen LogP contribution in [0.2, 0.25) is 0 Å². The smallest absolute Gasteiger partial charge is 0.337 e. The molecule has 0 aromatic carbocycles. The molecule has 4 N–H and O–H groups in total. The van der Waals surface area contributed by atoms with Crippen LogP contribution in [0.5, 0.6) is 0 Å². The third-order valence-corrected chi connectivity index (χ3v) is 3.27. The summed E-state index contributed by atoms with van der Waals surface area (Å²) in [6.07, 6.45) is 3.44. The number of hydrogen-bond acceptors (Lipinski definition) is 3. The van der Waals surface area contributed by atoms with Crippen molar-refractivity contribution in [2.24, 2.45) is 5.92 Å². The molecule has 98 valence electrons. The van der Waals surface area contributed by atoms with E-state index in [0.29, 0.717) is 5.92 Å². The molecular formula is C11H20N2O4. The average molecular weight is 244 g/mol. The lowest BCUT2D eigenvalue weighted by Crippen LogP contribution is -2.51. The molecule has 1 saturated carbocycles. The van der Waals surface area contributed by atoms with Gasteiger partial charge in [-0.1, -0.05) is 6.42 Å². The van der Waals surface area contributed by atoms with E-state index in [0.717, 1.165) is 19.8 Å². The molecule has 1 aliphatic carbocycles. The van der Waals surface area contributed by atoms with Gasteiger partial charge in [-0.15, -0.1) is 0 Å². The van der Waals surface area contributed by atoms with Crippen molar-refractivity contribution in [3.63, 3.8) is 0 Å². The summed E-state index contributed by atoms with van der Waals surface area (Å²) >= 11 is 0. The predicted molar refractivity (Wildman–Crippen MR) is 61.6 cm³/mol. The standard InChI is InChI=1S/C11H20N2O4/c1-7(8-4-3-5-8)13-10(16)12-6-11(2,17)9(14)15/h7-8,17H,3-6H2,1-2H3,(H,14,15)(H2,12,13,16). The number of carboxylic acids is 1. The molecule has 1 rings (SSSR count). The topological polar surface area (TPSA) is 98.7 Å². The summed E-state index contributed by atoms with van der Waals surface area (Å²) in [5.74, 6) is -0.842. The third kappa shape index (κ3) is 3.89. The zero-order valence-electron chi connectivity index (χ0n) is 10.2. The normalized spacial score (nSPS) is 20.9. The van der Waals surface area contributed by atoms with Crippen LogP contribution in [0, 0.1) is 5.92 Å². The number of aliphatic carboxylic acids is 1. The van der Waals surface area contributed by atoms with E-state index in [1.54, 1.807) is 0 Å². The van der Waals surface area contributed by atoms with Crippen LogP contribution in [0.25, 0.3) is 0 Å². The van der Waals surface area contributed by atoms with Crippen LogP contribution in [-0.2, 0) is 4.79 Å². The minimum atomic E-state index is -1.93. The number of urea groups is 1. The molecule has 6 nitrogen and oxygen atoms in total. The molecule has 1 aliphatic rings. The van der Waals surface area contributed by atoms with E-state index in [2.05, 4.69) is 10.6 Å². The van der Waals surface area contributed by atoms with Crippen LogP contribution in [0.15, 0.2) is 0 Å². The Morgan fingerprint density at radius 1 is 1.47 bits per heavy atom. The van der Waals surface area contributed by atoms with Crippen molar-refractivity contribution in [2.75, 3.05) is 6.54 Å². The fraction of sp³-hybridized carbons (Fsp3) is 0.818. The molecule has 2 unspecified atom stereocenters. The number of nitrogens with one attached hydrogen (secondary N) is 2. The van der Waals surface area contributed by atoms with E-state index in [4.69, 9.17) is 5.11 Å². The molecule has 0 heterocycles. The Bertz CT molecular complexity index is 300. The van der Waals surface area contributed by atoms with Crippen molar-refractivity contribution >= 4 is 12.0 Å². The van der Waals surface area contributed by atoms with Gasteiger partial charge in [0.2, 0.25) is 0 Å². The zero-order valence-corrected chi connectivity index (χ0v) is 10.2. The van der Waals surface area contributed by atoms with Crippen molar-refractivity contribution in [3.8, 4) is 0 Å². The Balaban J connectivity index is 2.27. The van der Waals surface area contributed by atoms with Gasteiger partial charge in [-0.2, -0.15) is 0 Å². The van der Waals surface area contributed by atoms with Crippen molar-refractivity contribution in [1.29, 1.82) is 0 Å². The SMILES string of the molecule is CC(NC(=O)NCC(C)(O)C(=O)O)C1CCC1. The first-order valence-corrected chi connectivity index (χ1v) is 5.83. The van der Waals surface area contributed by atoms with Crippen molar-refractivity contribution < 1.29 is 19.8 Å². The number of amides is 2. The molecule has 0 saturated heterocycles. The minimum Gasteiger partial charge on any atom is -0.479 e. The van der Waals surface area contributed by atoms with Gasteiger partial charge in [0.05, 0.1) is 6.54 Å². The van der Waals surface area contributed by atoms with Gasteiger partial charge in [-0.25, -0.2) is 9.59 Å². The van der Waals surface area contributed by atoms with E-state index >= 15 is 0 Å². The molecule has 0 radical (unpaired) electrons. The van der Waals surface area contributed by atoms with Crippen LogP contribution >= 0.6 is 0 Å². The number of rotatable bonds is 5. The summed E-state index contributed by atoms with van der Waals surface area (Å²) in [7, 11) is 0. The molecule has 0 bridgehead atoms. The van der Waals surface area contributed by atoms with Crippen LogP contribution in [0.1, 0.15) is 33.1 Å². The quantitative estimate of drug-likeness (QED) is 0.559. The van der Waals surface area contributed by atoms with E-state index < -0.39 is 17.6 Å². The Labute approximate surface area is 100 Å². The number of carbonyl (C=O) groups is 2. The highest BCUT2D eigenvalue weighted by Gasteiger charge is 2.31. The molecule has 6 heteroatoms. The maximum absolute atomic E-state index is 11.4. The van der Waals surface area contributed by atoms with Crippen molar-refractivity contribution in [2.45, 2.75) is 44.8 Å². The lowest BCUT2D eigenvalue weighted by molar-refractivity contribution is -0.155. The fourth-order valence-corrected chi connectivity index (χ4v) is 1.64. The molecule has 2 amide bonds. The summed E-state index contributed by atoms with van der Waals surface area (Å²) in [5.41, 5.74) is -1.93. The van der Waals surface area contributed by atoms with Gasteiger partial charge < -0.3 is 20.8 Å². The first-order chi connectivity index (χ1) is 7.83. The Hall–Kier alpha value is -1.30. The van der Waals surface area contributed by atoms with Crippen LogP contribution in [0.3, 0.4) is 0 Å². The summed E-state index contributed by atoms with van der Waals surface area (Å²) < 4.78 is 0. The largest absolute Gasteiger partial charge is 0.479 e. The highest BCUT2D eigenvalue weighted by atomic mass is 16.4. The Kier molecular flexibility index (Phi) is 4.34. The Morgan fingerprint density at radius 2 is 2.06 bits per heavy atom. The second kappa shape index (κ2) is 5.35. The minimum absolute atomic E-state index is 0.0820. The number of carbonyl (C=O) groups excluding carboxylic acids is 1. The molecule has 0 aromatic heterocycles. The maximum atomic E-state index is 11.4. The highest BCUT2D eigenvalue weighted by molar-refractivity contribution is 5.79. The predicted octanol–water partition coefficient (Wildman–Crippen LogP) is 0.310. The molecule has 0 spiro atoms.